The highest BCUT2D eigenvalue weighted by Crippen LogP contribution is 2.25. The van der Waals surface area contributed by atoms with Crippen molar-refractivity contribution in [3.05, 3.63) is 17.5 Å². The molecule has 120 valence electrons. The third kappa shape index (κ3) is 6.46. The van der Waals surface area contributed by atoms with E-state index in [2.05, 4.69) is 34.6 Å². The van der Waals surface area contributed by atoms with E-state index in [0.29, 0.717) is 6.54 Å². The molecule has 0 bridgehead atoms. The normalized spacial score (nSPS) is 18.4. The zero-order valence-corrected chi connectivity index (χ0v) is 15.9. The Hall–Kier alpha value is -0.440. The molecule has 2 rings (SSSR count). The first-order valence-corrected chi connectivity index (χ1v) is 8.45. The largest absolute Gasteiger partial charge is 0.359 e. The van der Waals surface area contributed by atoms with Crippen molar-refractivity contribution in [3.63, 3.8) is 0 Å². The molecule has 0 aromatic carbocycles. The highest BCUT2D eigenvalue weighted by molar-refractivity contribution is 14.0. The standard InChI is InChI=1S/C14H24N4OS.HI/c1-3-11-8-12(19-18-11)9-16-14(15-4-2)17-10-13-6-5-7-20-13;/h8,13H,3-7,9-10H2,1-2H3,(H2,15,16,17);1H. The van der Waals surface area contributed by atoms with Crippen molar-refractivity contribution in [2.45, 2.75) is 44.9 Å². The summed E-state index contributed by atoms with van der Waals surface area (Å²) < 4.78 is 5.25. The monoisotopic (exact) mass is 424 g/mol. The first-order chi connectivity index (χ1) is 9.81. The molecule has 1 fully saturated rings. The molecular formula is C14H25IN4OS. The van der Waals surface area contributed by atoms with Crippen molar-refractivity contribution in [3.8, 4) is 0 Å². The number of aromatic nitrogens is 1. The predicted octanol–water partition coefficient (Wildman–Crippen LogP) is 2.81. The fraction of sp³-hybridized carbons (Fsp3) is 0.714. The minimum Gasteiger partial charge on any atom is -0.359 e. The molecule has 0 amide bonds. The Bertz CT molecular complexity index is 432. The second-order valence-corrected chi connectivity index (χ2v) is 6.26. The van der Waals surface area contributed by atoms with Gasteiger partial charge < -0.3 is 15.2 Å². The average molecular weight is 424 g/mol. The van der Waals surface area contributed by atoms with Crippen molar-refractivity contribution in [2.24, 2.45) is 4.99 Å². The molecule has 5 nitrogen and oxygen atoms in total. The van der Waals surface area contributed by atoms with Crippen LogP contribution in [0, 0.1) is 0 Å². The van der Waals surface area contributed by atoms with Gasteiger partial charge in [-0.15, -0.1) is 24.0 Å². The van der Waals surface area contributed by atoms with Crippen LogP contribution in [0.3, 0.4) is 0 Å². The van der Waals surface area contributed by atoms with Crippen LogP contribution in [-0.4, -0.2) is 35.2 Å². The van der Waals surface area contributed by atoms with Crippen LogP contribution in [0.15, 0.2) is 15.6 Å². The number of nitrogens with one attached hydrogen (secondary N) is 2. The Morgan fingerprint density at radius 3 is 2.95 bits per heavy atom. The van der Waals surface area contributed by atoms with E-state index in [0.717, 1.165) is 42.2 Å². The average Bonchev–Trinajstić information content (AvgIpc) is 3.13. The van der Waals surface area contributed by atoms with Crippen LogP contribution in [0.4, 0.5) is 0 Å². The van der Waals surface area contributed by atoms with E-state index in [1.54, 1.807) is 0 Å². The van der Waals surface area contributed by atoms with Gasteiger partial charge in [0.15, 0.2) is 11.7 Å². The summed E-state index contributed by atoms with van der Waals surface area (Å²) in [5.41, 5.74) is 0.982. The lowest BCUT2D eigenvalue weighted by Crippen LogP contribution is -2.40. The number of guanidine groups is 1. The topological polar surface area (TPSA) is 62.5 Å². The van der Waals surface area contributed by atoms with Gasteiger partial charge in [-0.25, -0.2) is 4.99 Å². The van der Waals surface area contributed by atoms with Crippen LogP contribution >= 0.6 is 35.7 Å². The van der Waals surface area contributed by atoms with Crippen LogP contribution in [-0.2, 0) is 13.0 Å². The molecule has 1 unspecified atom stereocenters. The number of halogens is 1. The summed E-state index contributed by atoms with van der Waals surface area (Å²) >= 11 is 2.05. The maximum absolute atomic E-state index is 5.25. The fourth-order valence-corrected chi connectivity index (χ4v) is 3.31. The van der Waals surface area contributed by atoms with Crippen LogP contribution in [0.2, 0.25) is 0 Å². The number of hydrogen-bond acceptors (Lipinski definition) is 4. The highest BCUT2D eigenvalue weighted by atomic mass is 127. The first kappa shape index (κ1) is 18.6. The van der Waals surface area contributed by atoms with Crippen LogP contribution in [0.1, 0.15) is 38.1 Å². The maximum Gasteiger partial charge on any atom is 0.191 e. The molecule has 2 heterocycles. The van der Waals surface area contributed by atoms with Crippen molar-refractivity contribution in [1.29, 1.82) is 0 Å². The Labute approximate surface area is 148 Å². The fourth-order valence-electron chi connectivity index (χ4n) is 2.11. The van der Waals surface area contributed by atoms with E-state index in [-0.39, 0.29) is 24.0 Å². The number of aryl methyl sites for hydroxylation is 1. The van der Waals surface area contributed by atoms with Crippen molar-refractivity contribution in [1.82, 2.24) is 15.8 Å². The molecule has 1 atom stereocenters. The van der Waals surface area contributed by atoms with E-state index < -0.39 is 0 Å². The lowest BCUT2D eigenvalue weighted by Gasteiger charge is -2.14. The summed E-state index contributed by atoms with van der Waals surface area (Å²) in [7, 11) is 0. The number of rotatable bonds is 6. The molecule has 1 aliphatic rings. The van der Waals surface area contributed by atoms with Gasteiger partial charge >= 0.3 is 0 Å². The molecule has 21 heavy (non-hydrogen) atoms. The minimum absolute atomic E-state index is 0. The number of nitrogens with zero attached hydrogens (tertiary/aromatic N) is 2. The molecule has 7 heteroatoms. The van der Waals surface area contributed by atoms with Crippen LogP contribution in [0.5, 0.6) is 0 Å². The van der Waals surface area contributed by atoms with E-state index in [1.165, 1.54) is 18.6 Å². The zero-order valence-electron chi connectivity index (χ0n) is 12.7. The summed E-state index contributed by atoms with van der Waals surface area (Å²) in [6.07, 6.45) is 3.53. The van der Waals surface area contributed by atoms with E-state index in [9.17, 15) is 0 Å². The predicted molar refractivity (Wildman–Crippen MR) is 99.6 cm³/mol. The summed E-state index contributed by atoms with van der Waals surface area (Å²) in [6, 6.07) is 1.97. The summed E-state index contributed by atoms with van der Waals surface area (Å²) in [4.78, 5) is 4.54. The molecule has 0 aliphatic carbocycles. The van der Waals surface area contributed by atoms with Gasteiger partial charge in [-0.1, -0.05) is 12.1 Å². The second kappa shape index (κ2) is 10.3. The SMILES string of the molecule is CCNC(=NCc1cc(CC)no1)NCC1CCCS1.I. The maximum atomic E-state index is 5.25. The molecule has 0 spiro atoms. The van der Waals surface area contributed by atoms with Gasteiger partial charge in [0, 0.05) is 24.4 Å². The third-order valence-electron chi connectivity index (χ3n) is 3.23. The van der Waals surface area contributed by atoms with Crippen molar-refractivity contribution < 1.29 is 4.52 Å². The molecule has 1 aliphatic heterocycles. The second-order valence-electron chi connectivity index (χ2n) is 4.85. The third-order valence-corrected chi connectivity index (χ3v) is 4.63. The Morgan fingerprint density at radius 1 is 1.48 bits per heavy atom. The molecule has 1 aromatic rings. The smallest absolute Gasteiger partial charge is 0.191 e. The Morgan fingerprint density at radius 2 is 2.33 bits per heavy atom. The van der Waals surface area contributed by atoms with E-state index >= 15 is 0 Å². The summed E-state index contributed by atoms with van der Waals surface area (Å²) in [5, 5.41) is 11.4. The summed E-state index contributed by atoms with van der Waals surface area (Å²) in [5.74, 6) is 2.96. The first-order valence-electron chi connectivity index (χ1n) is 7.40. The van der Waals surface area contributed by atoms with Gasteiger partial charge in [-0.2, -0.15) is 11.8 Å². The van der Waals surface area contributed by atoms with E-state index in [4.69, 9.17) is 4.52 Å². The lowest BCUT2D eigenvalue weighted by molar-refractivity contribution is 0.379. The van der Waals surface area contributed by atoms with Gasteiger partial charge in [-0.3, -0.25) is 0 Å². The molecular weight excluding hydrogens is 399 g/mol. The summed E-state index contributed by atoms with van der Waals surface area (Å²) in [6.45, 7) is 6.51. The Balaban J connectivity index is 0.00000220. The van der Waals surface area contributed by atoms with Gasteiger partial charge in [-0.05, 0) is 31.9 Å². The highest BCUT2D eigenvalue weighted by Gasteiger charge is 2.15. The number of aliphatic imine (C=N–C) groups is 1. The molecule has 0 saturated carbocycles. The van der Waals surface area contributed by atoms with Gasteiger partial charge in [0.2, 0.25) is 0 Å². The van der Waals surface area contributed by atoms with Crippen LogP contribution < -0.4 is 10.6 Å². The van der Waals surface area contributed by atoms with Gasteiger partial charge in [0.25, 0.3) is 0 Å². The quantitative estimate of drug-likeness (QED) is 0.418. The molecule has 0 radical (unpaired) electrons. The zero-order chi connectivity index (χ0) is 14.2. The number of thioether (sulfide) groups is 1. The van der Waals surface area contributed by atoms with E-state index in [1.807, 2.05) is 17.8 Å². The number of hydrogen-bond donors (Lipinski definition) is 2. The van der Waals surface area contributed by atoms with Crippen molar-refractivity contribution >= 4 is 41.7 Å². The Kier molecular flexibility index (Phi) is 9.14. The van der Waals surface area contributed by atoms with Crippen LogP contribution in [0.25, 0.3) is 0 Å². The molecule has 2 N–H and O–H groups in total. The van der Waals surface area contributed by atoms with Crippen molar-refractivity contribution in [2.75, 3.05) is 18.8 Å². The van der Waals surface area contributed by atoms with Gasteiger partial charge in [0.1, 0.15) is 6.54 Å². The lowest BCUT2D eigenvalue weighted by atomic mass is 10.2. The van der Waals surface area contributed by atoms with Gasteiger partial charge in [0.05, 0.1) is 5.69 Å². The molecule has 1 aromatic heterocycles. The minimum atomic E-state index is 0. The molecule has 1 saturated heterocycles.